The lowest BCUT2D eigenvalue weighted by molar-refractivity contribution is -0.529. The maximum atomic E-state index is 11.6. The molecule has 2 N–H and O–H groups in total. The average Bonchev–Trinajstić information content (AvgIpc) is 2.56. The number of anilines is 1. The van der Waals surface area contributed by atoms with Gasteiger partial charge in [0.15, 0.2) is 6.04 Å². The van der Waals surface area contributed by atoms with E-state index in [0.717, 1.165) is 6.20 Å². The van der Waals surface area contributed by atoms with E-state index in [2.05, 4.69) is 15.3 Å². The van der Waals surface area contributed by atoms with E-state index in [-0.39, 0.29) is 11.3 Å². The number of aliphatic carboxylic acids is 1. The summed E-state index contributed by atoms with van der Waals surface area (Å²) in [6.07, 6.45) is 0.894. The fraction of sp³-hybridized carbons (Fsp3) is 0.154. The lowest BCUT2D eigenvalue weighted by Crippen LogP contribution is -2.39. The minimum Gasteiger partial charge on any atom is -0.480 e. The second-order valence-corrected chi connectivity index (χ2v) is 5.09. The number of benzene rings is 1. The number of carboxylic acid groups (broad SMARTS) is 1. The van der Waals surface area contributed by atoms with Crippen molar-refractivity contribution in [1.29, 1.82) is 0 Å². The van der Waals surface area contributed by atoms with Gasteiger partial charge in [-0.15, -0.1) is 0 Å². The first kappa shape index (κ1) is 18.0. The summed E-state index contributed by atoms with van der Waals surface area (Å²) in [4.78, 5) is 38.7. The number of carbonyl (C=O) groups is 1. The molecule has 1 aromatic heterocycles. The summed E-state index contributed by atoms with van der Waals surface area (Å²) in [6.45, 7) is 0. The van der Waals surface area contributed by atoms with Gasteiger partial charge in [-0.1, -0.05) is 40.3 Å². The predicted octanol–water partition coefficient (Wildman–Crippen LogP) is 1.92. The number of hydrogen-bond donors (Lipinski definition) is 2. The Morgan fingerprint density at radius 2 is 1.88 bits per heavy atom. The van der Waals surface area contributed by atoms with E-state index < -0.39 is 39.0 Å². The van der Waals surface area contributed by atoms with E-state index in [4.69, 9.17) is 11.6 Å². The normalized spacial score (nSPS) is 12.8. The monoisotopic (exact) mass is 367 g/mol. The first-order valence-electron chi connectivity index (χ1n) is 6.66. The zero-order valence-corrected chi connectivity index (χ0v) is 13.0. The highest BCUT2D eigenvalue weighted by atomic mass is 35.5. The molecule has 0 radical (unpaired) electrons. The van der Waals surface area contributed by atoms with Gasteiger partial charge < -0.3 is 20.5 Å². The molecule has 12 heteroatoms. The van der Waals surface area contributed by atoms with Crippen LogP contribution in [0.2, 0.25) is 5.15 Å². The fourth-order valence-corrected chi connectivity index (χ4v) is 2.25. The molecule has 11 nitrogen and oxygen atoms in total. The summed E-state index contributed by atoms with van der Waals surface area (Å²) < 4.78 is 0. The number of carboxylic acids is 1. The first-order chi connectivity index (χ1) is 11.8. The summed E-state index contributed by atoms with van der Waals surface area (Å²) in [5.74, 6) is -2.30. The number of halogens is 1. The Hall–Kier alpha value is -3.34. The van der Waals surface area contributed by atoms with Gasteiger partial charge in [-0.3, -0.25) is 10.1 Å². The molecule has 1 aromatic carbocycles. The van der Waals surface area contributed by atoms with Crippen LogP contribution in [0.5, 0.6) is 0 Å². The maximum absolute atomic E-state index is 11.6. The summed E-state index contributed by atoms with van der Waals surface area (Å²) >= 11 is 5.77. The fourth-order valence-electron chi connectivity index (χ4n) is 2.07. The Labute approximate surface area is 144 Å². The van der Waals surface area contributed by atoms with Crippen LogP contribution < -0.4 is 5.32 Å². The van der Waals surface area contributed by atoms with Crippen LogP contribution in [0.3, 0.4) is 0 Å². The Morgan fingerprint density at radius 1 is 1.24 bits per heavy atom. The molecule has 0 saturated carbocycles. The van der Waals surface area contributed by atoms with Crippen molar-refractivity contribution in [3.63, 3.8) is 0 Å². The van der Waals surface area contributed by atoms with Gasteiger partial charge in [0.2, 0.25) is 5.15 Å². The van der Waals surface area contributed by atoms with E-state index in [9.17, 15) is 30.1 Å². The number of nitro groups is 2. The van der Waals surface area contributed by atoms with Crippen molar-refractivity contribution in [3.05, 3.63) is 67.5 Å². The maximum Gasteiger partial charge on any atom is 0.470 e. The number of rotatable bonds is 7. The van der Waals surface area contributed by atoms with Crippen LogP contribution in [0.1, 0.15) is 11.6 Å². The lowest BCUT2D eigenvalue weighted by Gasteiger charge is -2.19. The Kier molecular flexibility index (Phi) is 5.39. The molecule has 2 rings (SSSR count). The summed E-state index contributed by atoms with van der Waals surface area (Å²) in [6, 6.07) is 4.19. The molecule has 0 fully saturated rings. The average molecular weight is 368 g/mol. The molecule has 25 heavy (non-hydrogen) atoms. The van der Waals surface area contributed by atoms with E-state index in [1.165, 1.54) is 24.3 Å². The van der Waals surface area contributed by atoms with Gasteiger partial charge in [-0.05, 0) is 16.5 Å². The van der Waals surface area contributed by atoms with Crippen molar-refractivity contribution < 1.29 is 19.7 Å². The van der Waals surface area contributed by atoms with Crippen molar-refractivity contribution >= 4 is 29.2 Å². The molecule has 130 valence electrons. The quantitative estimate of drug-likeness (QED) is 0.422. The molecule has 0 aliphatic carbocycles. The van der Waals surface area contributed by atoms with Crippen LogP contribution in [0.15, 0.2) is 36.5 Å². The van der Waals surface area contributed by atoms with Gasteiger partial charge in [0.05, 0.1) is 0 Å². The van der Waals surface area contributed by atoms with E-state index in [1.807, 2.05) is 0 Å². The number of nitrogens with one attached hydrogen (secondary N) is 1. The molecule has 0 spiro atoms. The van der Waals surface area contributed by atoms with Gasteiger partial charge >= 0.3 is 11.9 Å². The molecule has 2 aromatic rings. The van der Waals surface area contributed by atoms with Crippen molar-refractivity contribution in [2.24, 2.45) is 0 Å². The molecular weight excluding hydrogens is 358 g/mol. The van der Waals surface area contributed by atoms with E-state index in [1.54, 1.807) is 6.07 Å². The van der Waals surface area contributed by atoms with Crippen molar-refractivity contribution in [1.82, 2.24) is 9.97 Å². The minimum absolute atomic E-state index is 0.159. The standard InChI is InChI=1S/C13H10ClN5O6/c14-11-8(6-15-13(17-11)19(24)25)16-9(12(20)21)10(18(22)23)7-4-2-1-3-5-7/h1-6,9-10,16H,(H,20,21). The number of hydrogen-bond acceptors (Lipinski definition) is 8. The molecule has 2 unspecified atom stereocenters. The van der Waals surface area contributed by atoms with Crippen molar-refractivity contribution in [2.75, 3.05) is 5.32 Å². The second-order valence-electron chi connectivity index (χ2n) is 4.73. The highest BCUT2D eigenvalue weighted by Gasteiger charge is 2.39. The summed E-state index contributed by atoms with van der Waals surface area (Å²) in [5.41, 5.74) is -0.0196. The van der Waals surface area contributed by atoms with Crippen LogP contribution >= 0.6 is 11.6 Å². The SMILES string of the molecule is O=C(O)C(Nc1cnc([N+](=O)[O-])nc1Cl)C(c1ccccc1)[N+](=O)[O-]. The van der Waals surface area contributed by atoms with Crippen molar-refractivity contribution in [3.8, 4) is 0 Å². The highest BCUT2D eigenvalue weighted by molar-refractivity contribution is 6.32. The van der Waals surface area contributed by atoms with Gasteiger partial charge in [-0.25, -0.2) is 4.79 Å². The van der Waals surface area contributed by atoms with Gasteiger partial charge in [0, 0.05) is 10.5 Å². The molecule has 0 aliphatic heterocycles. The highest BCUT2D eigenvalue weighted by Crippen LogP contribution is 2.27. The first-order valence-corrected chi connectivity index (χ1v) is 7.03. The molecule has 0 saturated heterocycles. The second kappa shape index (κ2) is 7.49. The molecule has 0 bridgehead atoms. The van der Waals surface area contributed by atoms with Crippen LogP contribution in [0, 0.1) is 20.2 Å². The Bertz CT molecular complexity index is 818. The van der Waals surface area contributed by atoms with Crippen LogP contribution in [0.25, 0.3) is 0 Å². The summed E-state index contributed by atoms with van der Waals surface area (Å²) in [5, 5.41) is 33.3. The van der Waals surface area contributed by atoms with E-state index >= 15 is 0 Å². The molecule has 0 aliphatic rings. The molecule has 0 amide bonds. The zero-order valence-electron chi connectivity index (χ0n) is 12.3. The lowest BCUT2D eigenvalue weighted by atomic mass is 10.00. The third-order valence-corrected chi connectivity index (χ3v) is 3.44. The van der Waals surface area contributed by atoms with E-state index in [0.29, 0.717) is 0 Å². The third-order valence-electron chi connectivity index (χ3n) is 3.15. The van der Waals surface area contributed by atoms with Gasteiger partial charge in [0.25, 0.3) is 6.04 Å². The molecule has 2 atom stereocenters. The summed E-state index contributed by atoms with van der Waals surface area (Å²) in [7, 11) is 0. The minimum atomic E-state index is -1.71. The topological polar surface area (TPSA) is 161 Å². The Balaban J connectivity index is 2.39. The Morgan fingerprint density at radius 3 is 2.36 bits per heavy atom. The predicted molar refractivity (Wildman–Crippen MR) is 84.9 cm³/mol. The number of aromatic nitrogens is 2. The molecular formula is C13H10ClN5O6. The smallest absolute Gasteiger partial charge is 0.470 e. The van der Waals surface area contributed by atoms with Crippen LogP contribution in [0.4, 0.5) is 11.6 Å². The van der Waals surface area contributed by atoms with Gasteiger partial charge in [0.1, 0.15) is 11.9 Å². The van der Waals surface area contributed by atoms with Crippen molar-refractivity contribution in [2.45, 2.75) is 12.1 Å². The third kappa shape index (κ3) is 4.14. The molecule has 1 heterocycles. The largest absolute Gasteiger partial charge is 0.480 e. The van der Waals surface area contributed by atoms with Gasteiger partial charge in [-0.2, -0.15) is 0 Å². The van der Waals surface area contributed by atoms with Crippen LogP contribution in [-0.4, -0.2) is 36.9 Å². The zero-order chi connectivity index (χ0) is 18.6. The number of nitrogens with zero attached hydrogens (tertiary/aromatic N) is 4. The van der Waals surface area contributed by atoms with Crippen LogP contribution in [-0.2, 0) is 4.79 Å².